The summed E-state index contributed by atoms with van der Waals surface area (Å²) in [7, 11) is 3.47. The van der Waals surface area contributed by atoms with E-state index in [4.69, 9.17) is 4.74 Å². The molecule has 1 saturated heterocycles. The van der Waals surface area contributed by atoms with E-state index in [1.807, 2.05) is 23.1 Å². The summed E-state index contributed by atoms with van der Waals surface area (Å²) >= 11 is 0. The quantitative estimate of drug-likeness (QED) is 0.361. The molecule has 0 spiro atoms. The van der Waals surface area contributed by atoms with Crippen molar-refractivity contribution in [3.8, 4) is 5.75 Å². The molecule has 7 nitrogen and oxygen atoms in total. The Morgan fingerprint density at radius 3 is 2.47 bits per heavy atom. The first-order valence-electron chi connectivity index (χ1n) is 10.9. The van der Waals surface area contributed by atoms with E-state index < -0.39 is 0 Å². The summed E-state index contributed by atoms with van der Waals surface area (Å²) in [5.41, 5.74) is 3.77. The molecule has 0 aliphatic carbocycles. The number of hydrogen-bond acceptors (Lipinski definition) is 4. The number of halogens is 1. The molecule has 4 rings (SSSR count). The van der Waals surface area contributed by atoms with Crippen LogP contribution in [0.4, 0.5) is 5.69 Å². The Hall–Kier alpha value is -2.49. The molecule has 2 aromatic carbocycles. The number of hydrogen-bond donors (Lipinski definition) is 1. The Balaban J connectivity index is 0.00000289. The van der Waals surface area contributed by atoms with Crippen molar-refractivity contribution in [1.29, 1.82) is 0 Å². The number of piperazine rings is 1. The zero-order chi connectivity index (χ0) is 21.6. The van der Waals surface area contributed by atoms with E-state index in [2.05, 4.69) is 50.4 Å². The molecule has 0 atom stereocenters. The van der Waals surface area contributed by atoms with Gasteiger partial charge in [-0.2, -0.15) is 0 Å². The third-order valence-electron chi connectivity index (χ3n) is 6.09. The van der Waals surface area contributed by atoms with Crippen LogP contribution in [0.15, 0.2) is 53.5 Å². The fourth-order valence-corrected chi connectivity index (χ4v) is 4.29. The van der Waals surface area contributed by atoms with Crippen molar-refractivity contribution in [1.82, 2.24) is 15.1 Å². The lowest BCUT2D eigenvalue weighted by atomic mass is 10.00. The van der Waals surface area contributed by atoms with E-state index >= 15 is 0 Å². The third-order valence-corrected chi connectivity index (χ3v) is 6.09. The van der Waals surface area contributed by atoms with Crippen molar-refractivity contribution in [3.63, 3.8) is 0 Å². The maximum absolute atomic E-state index is 12.8. The molecule has 2 aliphatic heterocycles. The van der Waals surface area contributed by atoms with E-state index in [1.165, 1.54) is 16.8 Å². The highest BCUT2D eigenvalue weighted by atomic mass is 127. The van der Waals surface area contributed by atoms with Gasteiger partial charge in [0.25, 0.3) is 0 Å². The SMILES string of the molecule is CN=C(NCC(=O)N1CCc2ccccc2C1)N1CCN(c2cccc(OC)c2)CC1.I. The van der Waals surface area contributed by atoms with Gasteiger partial charge in [0, 0.05) is 58.1 Å². The summed E-state index contributed by atoms with van der Waals surface area (Å²) in [6.07, 6.45) is 0.920. The number of guanidine groups is 1. The lowest BCUT2D eigenvalue weighted by molar-refractivity contribution is -0.130. The highest BCUT2D eigenvalue weighted by Gasteiger charge is 2.23. The van der Waals surface area contributed by atoms with Crippen molar-refractivity contribution in [3.05, 3.63) is 59.7 Å². The Kier molecular flexibility index (Phi) is 8.60. The highest BCUT2D eigenvalue weighted by Crippen LogP contribution is 2.22. The van der Waals surface area contributed by atoms with Crippen LogP contribution in [-0.2, 0) is 17.8 Å². The second-order valence-corrected chi connectivity index (χ2v) is 7.91. The second kappa shape index (κ2) is 11.4. The van der Waals surface area contributed by atoms with Crippen LogP contribution in [0.2, 0.25) is 0 Å². The van der Waals surface area contributed by atoms with Crippen LogP contribution in [0.5, 0.6) is 5.75 Å². The third kappa shape index (κ3) is 5.65. The predicted octanol–water partition coefficient (Wildman–Crippen LogP) is 2.60. The topological polar surface area (TPSA) is 60.4 Å². The molecule has 172 valence electrons. The molecule has 2 aliphatic rings. The molecule has 2 heterocycles. The molecular formula is C24H32IN5O2. The minimum atomic E-state index is 0. The van der Waals surface area contributed by atoms with Gasteiger partial charge in [-0.15, -0.1) is 24.0 Å². The number of amides is 1. The molecule has 2 aromatic rings. The smallest absolute Gasteiger partial charge is 0.242 e. The molecule has 1 N–H and O–H groups in total. The summed E-state index contributed by atoms with van der Waals surface area (Å²) in [5, 5.41) is 3.28. The van der Waals surface area contributed by atoms with Gasteiger partial charge in [0.15, 0.2) is 5.96 Å². The number of fused-ring (bicyclic) bond motifs is 1. The zero-order valence-electron chi connectivity index (χ0n) is 18.8. The van der Waals surface area contributed by atoms with Crippen molar-refractivity contribution < 1.29 is 9.53 Å². The number of benzene rings is 2. The first-order chi connectivity index (χ1) is 15.2. The number of methoxy groups -OCH3 is 1. The number of rotatable bonds is 4. The van der Waals surface area contributed by atoms with Gasteiger partial charge in [-0.25, -0.2) is 0 Å². The molecule has 8 heteroatoms. The maximum Gasteiger partial charge on any atom is 0.242 e. The second-order valence-electron chi connectivity index (χ2n) is 7.91. The summed E-state index contributed by atoms with van der Waals surface area (Å²) in [4.78, 5) is 23.7. The maximum atomic E-state index is 12.8. The van der Waals surface area contributed by atoms with Crippen LogP contribution in [0.25, 0.3) is 0 Å². The van der Waals surface area contributed by atoms with Crippen molar-refractivity contribution >= 4 is 41.5 Å². The molecule has 0 aromatic heterocycles. The Labute approximate surface area is 207 Å². The van der Waals surface area contributed by atoms with Crippen molar-refractivity contribution in [2.45, 2.75) is 13.0 Å². The van der Waals surface area contributed by atoms with Crippen LogP contribution in [0.3, 0.4) is 0 Å². The van der Waals surface area contributed by atoms with Gasteiger partial charge in [-0.05, 0) is 29.7 Å². The average molecular weight is 549 g/mol. The van der Waals surface area contributed by atoms with Gasteiger partial charge in [-0.3, -0.25) is 9.79 Å². The number of nitrogens with zero attached hydrogens (tertiary/aromatic N) is 4. The van der Waals surface area contributed by atoms with E-state index in [9.17, 15) is 4.79 Å². The molecule has 0 saturated carbocycles. The number of carbonyl (C=O) groups is 1. The fraction of sp³-hybridized carbons (Fsp3) is 0.417. The number of nitrogens with one attached hydrogen (secondary N) is 1. The van der Waals surface area contributed by atoms with Gasteiger partial charge in [0.1, 0.15) is 5.75 Å². The minimum Gasteiger partial charge on any atom is -0.497 e. The van der Waals surface area contributed by atoms with Crippen molar-refractivity contribution in [2.75, 3.05) is 58.3 Å². The Morgan fingerprint density at radius 1 is 1.00 bits per heavy atom. The van der Waals surface area contributed by atoms with Gasteiger partial charge in [0.2, 0.25) is 5.91 Å². The number of aliphatic imine (C=N–C) groups is 1. The van der Waals surface area contributed by atoms with Crippen LogP contribution in [0.1, 0.15) is 11.1 Å². The average Bonchev–Trinajstić information content (AvgIpc) is 2.84. The summed E-state index contributed by atoms with van der Waals surface area (Å²) in [6, 6.07) is 16.5. The number of ether oxygens (including phenoxy) is 1. The molecule has 0 radical (unpaired) electrons. The molecule has 32 heavy (non-hydrogen) atoms. The van der Waals surface area contributed by atoms with E-state index in [0.29, 0.717) is 6.54 Å². The highest BCUT2D eigenvalue weighted by molar-refractivity contribution is 14.0. The van der Waals surface area contributed by atoms with Gasteiger partial charge in [0.05, 0.1) is 13.7 Å². The first-order valence-corrected chi connectivity index (χ1v) is 10.9. The largest absolute Gasteiger partial charge is 0.497 e. The number of carbonyl (C=O) groups excluding carboxylic acids is 1. The molecule has 1 fully saturated rings. The molecule has 0 bridgehead atoms. The first kappa shape index (κ1) is 24.2. The molecular weight excluding hydrogens is 517 g/mol. The summed E-state index contributed by atoms with van der Waals surface area (Å²) < 4.78 is 5.34. The van der Waals surface area contributed by atoms with Gasteiger partial charge >= 0.3 is 0 Å². The minimum absolute atomic E-state index is 0. The van der Waals surface area contributed by atoms with Crippen LogP contribution in [0, 0.1) is 0 Å². The Bertz CT molecular complexity index is 943. The fourth-order valence-electron chi connectivity index (χ4n) is 4.29. The number of anilines is 1. The molecule has 0 unspecified atom stereocenters. The monoisotopic (exact) mass is 549 g/mol. The zero-order valence-corrected chi connectivity index (χ0v) is 21.1. The van der Waals surface area contributed by atoms with E-state index in [0.717, 1.165) is 50.9 Å². The normalized spacial score (nSPS) is 16.2. The lowest BCUT2D eigenvalue weighted by Gasteiger charge is -2.38. The van der Waals surface area contributed by atoms with E-state index in [-0.39, 0.29) is 36.4 Å². The van der Waals surface area contributed by atoms with Gasteiger partial charge in [-0.1, -0.05) is 30.3 Å². The summed E-state index contributed by atoms with van der Waals surface area (Å²) in [6.45, 7) is 5.22. The summed E-state index contributed by atoms with van der Waals surface area (Å²) in [5.74, 6) is 1.78. The van der Waals surface area contributed by atoms with Crippen LogP contribution in [-0.4, -0.2) is 75.1 Å². The van der Waals surface area contributed by atoms with E-state index in [1.54, 1.807) is 14.2 Å². The standard InChI is InChI=1S/C24H31N5O2.HI/c1-25-24(26-17-23(30)29-11-10-19-6-3-4-7-20(19)18-29)28-14-12-27(13-15-28)21-8-5-9-22(16-21)31-2;/h3-9,16H,10-15,17-18H2,1-2H3,(H,25,26);1H. The van der Waals surface area contributed by atoms with Crippen LogP contribution < -0.4 is 15.0 Å². The van der Waals surface area contributed by atoms with Gasteiger partial charge < -0.3 is 24.8 Å². The Morgan fingerprint density at radius 2 is 1.75 bits per heavy atom. The molecule has 1 amide bonds. The lowest BCUT2D eigenvalue weighted by Crippen LogP contribution is -2.54. The predicted molar refractivity (Wildman–Crippen MR) is 139 cm³/mol. The van der Waals surface area contributed by atoms with Crippen LogP contribution >= 0.6 is 24.0 Å². The van der Waals surface area contributed by atoms with Crippen molar-refractivity contribution in [2.24, 2.45) is 4.99 Å².